The molecule has 0 aromatic heterocycles. The molecular weight excluding hydrogens is 268 g/mol. The van der Waals surface area contributed by atoms with E-state index in [0.29, 0.717) is 28.4 Å². The van der Waals surface area contributed by atoms with Gasteiger partial charge in [0.05, 0.1) is 0 Å². The summed E-state index contributed by atoms with van der Waals surface area (Å²) in [4.78, 5) is 13.2. The van der Waals surface area contributed by atoms with Crippen molar-refractivity contribution in [2.75, 3.05) is 0 Å². The SMILES string of the molecule is C=CC[C@@]1(C)CC[C@H]2[C@@H](CC[C@H]3C(C)(C)CCC[C@]23C)C1=O. The Morgan fingerprint density at radius 1 is 1.09 bits per heavy atom. The molecule has 0 aliphatic heterocycles. The highest BCUT2D eigenvalue weighted by Crippen LogP contribution is 2.64. The Morgan fingerprint density at radius 2 is 1.82 bits per heavy atom. The van der Waals surface area contributed by atoms with Crippen molar-refractivity contribution in [1.29, 1.82) is 0 Å². The summed E-state index contributed by atoms with van der Waals surface area (Å²) in [5.41, 5.74) is 0.731. The van der Waals surface area contributed by atoms with Crippen LogP contribution < -0.4 is 0 Å². The summed E-state index contributed by atoms with van der Waals surface area (Å²) < 4.78 is 0. The van der Waals surface area contributed by atoms with Crippen LogP contribution in [0.2, 0.25) is 0 Å². The third-order valence-corrected chi connectivity index (χ3v) is 7.91. The number of rotatable bonds is 2. The van der Waals surface area contributed by atoms with Gasteiger partial charge in [0.2, 0.25) is 0 Å². The van der Waals surface area contributed by atoms with E-state index in [-0.39, 0.29) is 5.41 Å². The van der Waals surface area contributed by atoms with E-state index in [1.165, 1.54) is 32.1 Å². The molecule has 0 aromatic carbocycles. The van der Waals surface area contributed by atoms with Crippen LogP contribution in [0.15, 0.2) is 12.7 Å². The van der Waals surface area contributed by atoms with Gasteiger partial charge in [-0.3, -0.25) is 4.79 Å². The summed E-state index contributed by atoms with van der Waals surface area (Å²) >= 11 is 0. The monoisotopic (exact) mass is 302 g/mol. The van der Waals surface area contributed by atoms with Crippen LogP contribution >= 0.6 is 0 Å². The molecule has 22 heavy (non-hydrogen) atoms. The fourth-order valence-electron chi connectivity index (χ4n) is 6.75. The van der Waals surface area contributed by atoms with Gasteiger partial charge >= 0.3 is 0 Å². The van der Waals surface area contributed by atoms with Gasteiger partial charge in [-0.15, -0.1) is 6.58 Å². The summed E-state index contributed by atoms with van der Waals surface area (Å²) in [6, 6.07) is 0. The number of hydrogen-bond donors (Lipinski definition) is 0. The minimum atomic E-state index is -0.129. The van der Waals surface area contributed by atoms with Crippen molar-refractivity contribution in [3.63, 3.8) is 0 Å². The zero-order valence-electron chi connectivity index (χ0n) is 15.1. The number of carbonyl (C=O) groups is 1. The van der Waals surface area contributed by atoms with Crippen molar-refractivity contribution in [3.8, 4) is 0 Å². The quantitative estimate of drug-likeness (QED) is 0.590. The normalized spacial score (nSPS) is 47.5. The molecule has 0 N–H and O–H groups in total. The summed E-state index contributed by atoms with van der Waals surface area (Å²) in [5, 5.41) is 0. The molecule has 3 rings (SSSR count). The Hall–Kier alpha value is -0.590. The molecule has 0 radical (unpaired) electrons. The number of ketones is 1. The van der Waals surface area contributed by atoms with Gasteiger partial charge < -0.3 is 0 Å². The van der Waals surface area contributed by atoms with Crippen molar-refractivity contribution in [2.45, 2.75) is 79.1 Å². The molecule has 0 unspecified atom stereocenters. The lowest BCUT2D eigenvalue weighted by Gasteiger charge is -2.61. The summed E-state index contributed by atoms with van der Waals surface area (Å²) in [6.45, 7) is 13.5. The molecule has 0 saturated heterocycles. The van der Waals surface area contributed by atoms with Crippen molar-refractivity contribution in [2.24, 2.45) is 34.0 Å². The van der Waals surface area contributed by atoms with Gasteiger partial charge in [-0.2, -0.15) is 0 Å². The molecule has 3 saturated carbocycles. The molecule has 3 fully saturated rings. The van der Waals surface area contributed by atoms with Gasteiger partial charge in [-0.1, -0.05) is 40.2 Å². The lowest BCUT2D eigenvalue weighted by Crippen LogP contribution is -2.56. The Bertz CT molecular complexity index is 476. The van der Waals surface area contributed by atoms with E-state index in [9.17, 15) is 4.79 Å². The van der Waals surface area contributed by atoms with E-state index < -0.39 is 0 Å². The van der Waals surface area contributed by atoms with Gasteiger partial charge in [-0.25, -0.2) is 0 Å². The van der Waals surface area contributed by atoms with E-state index in [2.05, 4.69) is 34.3 Å². The number of carbonyl (C=O) groups excluding carboxylic acids is 1. The second-order valence-electron chi connectivity index (χ2n) is 9.65. The molecule has 1 nitrogen and oxygen atoms in total. The number of hydrogen-bond acceptors (Lipinski definition) is 1. The maximum Gasteiger partial charge on any atom is 0.142 e. The average Bonchev–Trinajstić information content (AvgIpc) is 2.42. The van der Waals surface area contributed by atoms with E-state index >= 15 is 0 Å². The van der Waals surface area contributed by atoms with Crippen LogP contribution in [0, 0.1) is 34.0 Å². The minimum Gasteiger partial charge on any atom is -0.299 e. The fraction of sp³-hybridized carbons (Fsp3) is 0.857. The Morgan fingerprint density at radius 3 is 2.50 bits per heavy atom. The van der Waals surface area contributed by atoms with Crippen molar-refractivity contribution in [1.82, 2.24) is 0 Å². The average molecular weight is 303 g/mol. The molecule has 1 heteroatoms. The van der Waals surface area contributed by atoms with E-state index in [1.54, 1.807) is 0 Å². The first kappa shape index (κ1) is 16.3. The molecule has 0 heterocycles. The first-order valence-electron chi connectivity index (χ1n) is 9.40. The van der Waals surface area contributed by atoms with Gasteiger partial charge in [0.15, 0.2) is 0 Å². The Labute approximate surface area is 136 Å². The molecule has 124 valence electrons. The maximum absolute atomic E-state index is 13.2. The lowest BCUT2D eigenvalue weighted by molar-refractivity contribution is -0.158. The Kier molecular flexibility index (Phi) is 3.86. The van der Waals surface area contributed by atoms with Crippen LogP contribution in [0.4, 0.5) is 0 Å². The number of allylic oxidation sites excluding steroid dienone is 1. The topological polar surface area (TPSA) is 17.1 Å². The van der Waals surface area contributed by atoms with Crippen molar-refractivity contribution < 1.29 is 4.79 Å². The third-order valence-electron chi connectivity index (χ3n) is 7.91. The predicted molar refractivity (Wildman–Crippen MR) is 92.6 cm³/mol. The molecule has 3 aliphatic rings. The van der Waals surface area contributed by atoms with E-state index in [1.807, 2.05) is 6.08 Å². The fourth-order valence-corrected chi connectivity index (χ4v) is 6.75. The van der Waals surface area contributed by atoms with Crippen LogP contribution in [0.25, 0.3) is 0 Å². The van der Waals surface area contributed by atoms with Gasteiger partial charge in [0.1, 0.15) is 5.78 Å². The van der Waals surface area contributed by atoms with Crippen molar-refractivity contribution >= 4 is 5.78 Å². The summed E-state index contributed by atoms with van der Waals surface area (Å²) in [5.74, 6) is 2.34. The van der Waals surface area contributed by atoms with Crippen molar-refractivity contribution in [3.05, 3.63) is 12.7 Å². The smallest absolute Gasteiger partial charge is 0.142 e. The van der Waals surface area contributed by atoms with Crippen LogP contribution in [0.3, 0.4) is 0 Å². The van der Waals surface area contributed by atoms with Gasteiger partial charge in [-0.05, 0) is 67.6 Å². The highest BCUT2D eigenvalue weighted by Gasteiger charge is 2.58. The van der Waals surface area contributed by atoms with Gasteiger partial charge in [0, 0.05) is 11.3 Å². The molecule has 0 bridgehead atoms. The number of Topliss-reactive ketones (excluding diaryl/α,β-unsaturated/α-hetero) is 1. The predicted octanol–water partition coefficient (Wildman–Crippen LogP) is 5.79. The zero-order valence-corrected chi connectivity index (χ0v) is 15.1. The first-order valence-corrected chi connectivity index (χ1v) is 9.40. The van der Waals surface area contributed by atoms with Crippen LogP contribution in [-0.2, 0) is 4.79 Å². The molecular formula is C21H34O. The Balaban J connectivity index is 1.90. The molecule has 3 aliphatic carbocycles. The largest absolute Gasteiger partial charge is 0.299 e. The second-order valence-corrected chi connectivity index (χ2v) is 9.65. The maximum atomic E-state index is 13.2. The highest BCUT2D eigenvalue weighted by atomic mass is 16.1. The van der Waals surface area contributed by atoms with Crippen LogP contribution in [0.1, 0.15) is 79.1 Å². The molecule has 0 spiro atoms. The van der Waals surface area contributed by atoms with E-state index in [4.69, 9.17) is 0 Å². The lowest BCUT2D eigenvalue weighted by atomic mass is 9.43. The summed E-state index contributed by atoms with van der Waals surface area (Å²) in [6.07, 6.45) is 11.6. The minimum absolute atomic E-state index is 0.129. The van der Waals surface area contributed by atoms with Crippen LogP contribution in [-0.4, -0.2) is 5.78 Å². The van der Waals surface area contributed by atoms with Crippen LogP contribution in [0.5, 0.6) is 0 Å². The molecule has 0 amide bonds. The number of fused-ring (bicyclic) bond motifs is 3. The van der Waals surface area contributed by atoms with Gasteiger partial charge in [0.25, 0.3) is 0 Å². The standard InChI is InChI=1S/C21H34O/c1-6-11-20(4)14-10-16-15(18(20)22)8-9-17-19(2,3)12-7-13-21(16,17)5/h6,15-17H,1,7-14H2,2-5H3/t15-,16+,17+,20+,21-/m1/s1. The zero-order chi connectivity index (χ0) is 16.2. The molecule has 0 aromatic rings. The highest BCUT2D eigenvalue weighted by molar-refractivity contribution is 5.88. The van der Waals surface area contributed by atoms with E-state index in [0.717, 1.165) is 25.2 Å². The third kappa shape index (κ3) is 2.22. The summed E-state index contributed by atoms with van der Waals surface area (Å²) in [7, 11) is 0. The first-order chi connectivity index (χ1) is 10.2. The second kappa shape index (κ2) is 5.21. The molecule has 5 atom stereocenters.